The van der Waals surface area contributed by atoms with Gasteiger partial charge in [-0.1, -0.05) is 12.1 Å². The van der Waals surface area contributed by atoms with Crippen LogP contribution in [0, 0.1) is 0 Å². The molecule has 1 unspecified atom stereocenters. The second-order valence-electron chi connectivity index (χ2n) is 4.89. The summed E-state index contributed by atoms with van der Waals surface area (Å²) in [5.41, 5.74) is 0.581. The molecule has 1 aromatic carbocycles. The summed E-state index contributed by atoms with van der Waals surface area (Å²) in [4.78, 5) is 1.99. The van der Waals surface area contributed by atoms with E-state index in [1.807, 2.05) is 6.92 Å². The fourth-order valence-corrected chi connectivity index (χ4v) is 3.20. The van der Waals surface area contributed by atoms with Crippen molar-refractivity contribution < 1.29 is 13.5 Å². The maximum Gasteiger partial charge on any atom is 0.242 e. The van der Waals surface area contributed by atoms with Gasteiger partial charge in [-0.3, -0.25) is 0 Å². The van der Waals surface area contributed by atoms with Crippen molar-refractivity contribution in [2.75, 3.05) is 18.6 Å². The first-order chi connectivity index (χ1) is 8.79. The number of sulfonamides is 1. The van der Waals surface area contributed by atoms with Crippen LogP contribution in [0.2, 0.25) is 0 Å². The highest BCUT2D eigenvalue weighted by atomic mass is 32.2. The highest BCUT2D eigenvalue weighted by Crippen LogP contribution is 2.25. The van der Waals surface area contributed by atoms with Crippen molar-refractivity contribution in [3.63, 3.8) is 0 Å². The largest absolute Gasteiger partial charge is 0.394 e. The van der Waals surface area contributed by atoms with E-state index < -0.39 is 10.0 Å². The summed E-state index contributed by atoms with van der Waals surface area (Å²) < 4.78 is 27.1. The Labute approximate surface area is 115 Å². The molecule has 19 heavy (non-hydrogen) atoms. The van der Waals surface area contributed by atoms with Gasteiger partial charge >= 0.3 is 0 Å². The Bertz CT molecular complexity index is 514. The first-order valence-electron chi connectivity index (χ1n) is 6.24. The van der Waals surface area contributed by atoms with Gasteiger partial charge in [0.15, 0.2) is 0 Å². The van der Waals surface area contributed by atoms with Crippen LogP contribution >= 0.6 is 0 Å². The van der Waals surface area contributed by atoms with Gasteiger partial charge in [-0.2, -0.15) is 0 Å². The number of nitrogens with zero attached hydrogens (tertiary/aromatic N) is 1. The Morgan fingerprint density at radius 3 is 2.37 bits per heavy atom. The van der Waals surface area contributed by atoms with Gasteiger partial charge in [0.05, 0.1) is 12.3 Å². The number of anilines is 1. The molecule has 0 aliphatic rings. The number of hydrogen-bond acceptors (Lipinski definition) is 4. The lowest BCUT2D eigenvalue weighted by atomic mass is 10.2. The molecule has 0 radical (unpaired) electrons. The second kappa shape index (κ2) is 6.36. The number of nitrogens with one attached hydrogen (secondary N) is 1. The van der Waals surface area contributed by atoms with Crippen molar-refractivity contribution in [2.45, 2.75) is 37.8 Å². The van der Waals surface area contributed by atoms with Crippen molar-refractivity contribution in [1.82, 2.24) is 4.72 Å². The Hall–Kier alpha value is -1.11. The standard InChI is InChI=1S/C13H22N2O3S/c1-10(2)14-19(17,18)13-8-6-5-7-12(13)15(4)11(3)9-16/h5-8,10-11,14,16H,9H2,1-4H3. The molecular weight excluding hydrogens is 264 g/mol. The van der Waals surface area contributed by atoms with Crippen molar-refractivity contribution >= 4 is 15.7 Å². The zero-order valence-corrected chi connectivity index (χ0v) is 12.6. The van der Waals surface area contributed by atoms with E-state index in [4.69, 9.17) is 0 Å². The highest BCUT2D eigenvalue weighted by molar-refractivity contribution is 7.89. The lowest BCUT2D eigenvalue weighted by molar-refractivity contribution is 0.270. The molecule has 0 amide bonds. The van der Waals surface area contributed by atoms with Gasteiger partial charge in [0.25, 0.3) is 0 Å². The predicted molar refractivity (Wildman–Crippen MR) is 76.9 cm³/mol. The number of likely N-dealkylation sites (N-methyl/N-ethyl adjacent to an activating group) is 1. The average molecular weight is 286 g/mol. The van der Waals surface area contributed by atoms with Crippen LogP contribution in [0.15, 0.2) is 29.2 Å². The average Bonchev–Trinajstić information content (AvgIpc) is 2.35. The summed E-state index contributed by atoms with van der Waals surface area (Å²) in [5.74, 6) is 0. The molecule has 1 rings (SSSR count). The van der Waals surface area contributed by atoms with Gasteiger partial charge in [0.1, 0.15) is 4.90 Å². The van der Waals surface area contributed by atoms with Crippen LogP contribution in [-0.2, 0) is 10.0 Å². The van der Waals surface area contributed by atoms with Crippen molar-refractivity contribution in [2.24, 2.45) is 0 Å². The maximum absolute atomic E-state index is 12.3. The topological polar surface area (TPSA) is 69.6 Å². The molecule has 2 N–H and O–H groups in total. The Kier molecular flexibility index (Phi) is 5.34. The van der Waals surface area contributed by atoms with Gasteiger partial charge < -0.3 is 10.0 Å². The zero-order valence-electron chi connectivity index (χ0n) is 11.8. The molecule has 108 valence electrons. The molecule has 0 heterocycles. The van der Waals surface area contributed by atoms with Crippen LogP contribution < -0.4 is 9.62 Å². The quantitative estimate of drug-likeness (QED) is 0.824. The Balaban J connectivity index is 3.23. The number of para-hydroxylation sites is 1. The lowest BCUT2D eigenvalue weighted by Gasteiger charge is -2.27. The Morgan fingerprint density at radius 2 is 1.84 bits per heavy atom. The molecule has 6 heteroatoms. The molecule has 0 aromatic heterocycles. The predicted octanol–water partition coefficient (Wildman–Crippen LogP) is 1.19. The summed E-state index contributed by atoms with van der Waals surface area (Å²) >= 11 is 0. The molecule has 1 atom stereocenters. The van der Waals surface area contributed by atoms with Gasteiger partial charge in [0, 0.05) is 19.1 Å². The third kappa shape index (κ3) is 3.92. The molecular formula is C13H22N2O3S. The maximum atomic E-state index is 12.3. The minimum Gasteiger partial charge on any atom is -0.394 e. The zero-order chi connectivity index (χ0) is 14.6. The summed E-state index contributed by atoms with van der Waals surface area (Å²) in [7, 11) is -1.78. The SMILES string of the molecule is CC(C)NS(=O)(=O)c1ccccc1N(C)C(C)CO. The Morgan fingerprint density at radius 1 is 1.26 bits per heavy atom. The lowest BCUT2D eigenvalue weighted by Crippen LogP contribution is -2.35. The summed E-state index contributed by atoms with van der Waals surface area (Å²) in [5, 5.41) is 9.20. The van der Waals surface area contributed by atoms with Crippen molar-refractivity contribution in [3.05, 3.63) is 24.3 Å². The van der Waals surface area contributed by atoms with E-state index in [9.17, 15) is 13.5 Å². The van der Waals surface area contributed by atoms with Crippen molar-refractivity contribution in [1.29, 1.82) is 0 Å². The summed E-state index contributed by atoms with van der Waals surface area (Å²) in [6.07, 6.45) is 0. The number of benzene rings is 1. The minimum atomic E-state index is -3.55. The smallest absolute Gasteiger partial charge is 0.242 e. The van der Waals surface area contributed by atoms with E-state index in [0.717, 1.165) is 0 Å². The molecule has 0 aliphatic heterocycles. The fourth-order valence-electron chi connectivity index (χ4n) is 1.71. The van der Waals surface area contributed by atoms with Crippen LogP contribution in [0.4, 0.5) is 5.69 Å². The van der Waals surface area contributed by atoms with E-state index >= 15 is 0 Å². The summed E-state index contributed by atoms with van der Waals surface area (Å²) in [6.45, 7) is 5.35. The van der Waals surface area contributed by atoms with Gasteiger partial charge in [-0.25, -0.2) is 13.1 Å². The first-order valence-corrected chi connectivity index (χ1v) is 7.73. The number of rotatable bonds is 6. The first kappa shape index (κ1) is 15.9. The summed E-state index contributed by atoms with van der Waals surface area (Å²) in [6, 6.07) is 6.45. The highest BCUT2D eigenvalue weighted by Gasteiger charge is 2.22. The van der Waals surface area contributed by atoms with Crippen molar-refractivity contribution in [3.8, 4) is 0 Å². The molecule has 0 aliphatic carbocycles. The fraction of sp³-hybridized carbons (Fsp3) is 0.538. The molecule has 5 nitrogen and oxygen atoms in total. The molecule has 0 bridgehead atoms. The van der Waals surface area contributed by atoms with E-state index in [-0.39, 0.29) is 23.6 Å². The molecule has 0 saturated heterocycles. The third-order valence-corrected chi connectivity index (χ3v) is 4.56. The van der Waals surface area contributed by atoms with Crippen LogP contribution in [0.3, 0.4) is 0 Å². The van der Waals surface area contributed by atoms with Gasteiger partial charge in [0.2, 0.25) is 10.0 Å². The van der Waals surface area contributed by atoms with E-state index in [1.54, 1.807) is 50.1 Å². The third-order valence-electron chi connectivity index (χ3n) is 2.85. The minimum absolute atomic E-state index is 0.0392. The van der Waals surface area contributed by atoms with Crippen LogP contribution in [0.1, 0.15) is 20.8 Å². The van der Waals surface area contributed by atoms with Crippen LogP contribution in [-0.4, -0.2) is 39.3 Å². The molecule has 0 spiro atoms. The van der Waals surface area contributed by atoms with E-state index in [1.165, 1.54) is 0 Å². The van der Waals surface area contributed by atoms with Gasteiger partial charge in [-0.15, -0.1) is 0 Å². The van der Waals surface area contributed by atoms with Crippen LogP contribution in [0.5, 0.6) is 0 Å². The van der Waals surface area contributed by atoms with Gasteiger partial charge in [-0.05, 0) is 32.9 Å². The second-order valence-corrected chi connectivity index (χ2v) is 6.57. The molecule has 0 fully saturated rings. The monoisotopic (exact) mass is 286 g/mol. The van der Waals surface area contributed by atoms with E-state index in [2.05, 4.69) is 4.72 Å². The number of aliphatic hydroxyl groups excluding tert-OH is 1. The number of hydrogen-bond donors (Lipinski definition) is 2. The van der Waals surface area contributed by atoms with E-state index in [0.29, 0.717) is 5.69 Å². The molecule has 1 aromatic rings. The number of aliphatic hydroxyl groups is 1. The molecule has 0 saturated carbocycles. The normalized spacial score (nSPS) is 13.6. The van der Waals surface area contributed by atoms with Crippen LogP contribution in [0.25, 0.3) is 0 Å².